The summed E-state index contributed by atoms with van der Waals surface area (Å²) < 4.78 is 14.6. The van der Waals surface area contributed by atoms with Gasteiger partial charge in [0.05, 0.1) is 0 Å². The lowest BCUT2D eigenvalue weighted by atomic mass is 9.88. The van der Waals surface area contributed by atoms with E-state index in [1.54, 1.807) is 6.20 Å². The van der Waals surface area contributed by atoms with Crippen molar-refractivity contribution in [3.63, 3.8) is 0 Å². The van der Waals surface area contributed by atoms with E-state index >= 15 is 0 Å². The van der Waals surface area contributed by atoms with Crippen molar-refractivity contribution in [2.75, 3.05) is 24.5 Å². The number of rotatable bonds is 2. The zero-order chi connectivity index (χ0) is 13.2. The van der Waals surface area contributed by atoms with Gasteiger partial charge in [-0.05, 0) is 60.1 Å². The maximum Gasteiger partial charge on any atom is 0.166 e. The van der Waals surface area contributed by atoms with Crippen molar-refractivity contribution in [1.29, 1.82) is 0 Å². The number of aromatic nitrogens is 1. The number of hydrogen-bond donors (Lipinski definition) is 1. The maximum atomic E-state index is 13.9. The van der Waals surface area contributed by atoms with Gasteiger partial charge in [-0.2, -0.15) is 0 Å². The average molecular weight is 328 g/mol. The minimum absolute atomic E-state index is 0.230. The third kappa shape index (κ3) is 2.92. The van der Waals surface area contributed by atoms with Crippen LogP contribution in [0.3, 0.4) is 0 Å². The van der Waals surface area contributed by atoms with E-state index in [4.69, 9.17) is 0 Å². The van der Waals surface area contributed by atoms with Gasteiger partial charge in [-0.1, -0.05) is 0 Å². The zero-order valence-corrected chi connectivity index (χ0v) is 12.5. The Morgan fingerprint density at radius 2 is 2.11 bits per heavy atom. The van der Waals surface area contributed by atoms with Crippen LogP contribution in [0.5, 0.6) is 0 Å². The molecule has 2 aliphatic rings. The van der Waals surface area contributed by atoms with E-state index in [2.05, 4.69) is 31.1 Å². The molecule has 3 rings (SSSR count). The van der Waals surface area contributed by atoms with Crippen molar-refractivity contribution in [1.82, 2.24) is 10.3 Å². The van der Waals surface area contributed by atoms with Crippen molar-refractivity contribution < 1.29 is 4.39 Å². The number of halogens is 2. The fourth-order valence-corrected chi connectivity index (χ4v) is 3.57. The van der Waals surface area contributed by atoms with Crippen LogP contribution in [0.25, 0.3) is 0 Å². The molecular weight excluding hydrogens is 309 g/mol. The largest absolute Gasteiger partial charge is 0.354 e. The molecule has 2 aliphatic heterocycles. The highest BCUT2D eigenvalue weighted by atomic mass is 79.9. The summed E-state index contributed by atoms with van der Waals surface area (Å²) in [6, 6.07) is 2.18. The first-order valence-electron chi connectivity index (χ1n) is 7.03. The Morgan fingerprint density at radius 3 is 2.74 bits per heavy atom. The average Bonchev–Trinajstić information content (AvgIpc) is 2.93. The highest BCUT2D eigenvalue weighted by molar-refractivity contribution is 9.10. The number of pyridine rings is 1. The van der Waals surface area contributed by atoms with Gasteiger partial charge in [0.1, 0.15) is 0 Å². The van der Waals surface area contributed by atoms with E-state index in [9.17, 15) is 4.39 Å². The fourth-order valence-electron chi connectivity index (χ4n) is 3.27. The Kier molecular flexibility index (Phi) is 4.03. The summed E-state index contributed by atoms with van der Waals surface area (Å²) in [6.45, 7) is 2.98. The van der Waals surface area contributed by atoms with Gasteiger partial charge in [0, 0.05) is 29.8 Å². The topological polar surface area (TPSA) is 28.2 Å². The third-order valence-electron chi connectivity index (χ3n) is 4.30. The van der Waals surface area contributed by atoms with Crippen LogP contribution in [0, 0.1) is 11.7 Å². The van der Waals surface area contributed by atoms with Crippen LogP contribution in [-0.4, -0.2) is 30.7 Å². The quantitative estimate of drug-likeness (QED) is 0.905. The first-order valence-corrected chi connectivity index (χ1v) is 7.83. The lowest BCUT2D eigenvalue weighted by molar-refractivity contribution is 0.317. The molecule has 3 nitrogen and oxygen atoms in total. The summed E-state index contributed by atoms with van der Waals surface area (Å²) in [6.07, 6.45) is 6.54. The molecule has 0 amide bonds. The molecule has 3 heterocycles. The number of nitrogens with one attached hydrogen (secondary N) is 1. The molecule has 1 N–H and O–H groups in total. The van der Waals surface area contributed by atoms with Gasteiger partial charge in [-0.25, -0.2) is 9.37 Å². The Bertz CT molecular complexity index is 440. The summed E-state index contributed by atoms with van der Waals surface area (Å²) in [5.41, 5.74) is 0. The third-order valence-corrected chi connectivity index (χ3v) is 4.73. The van der Waals surface area contributed by atoms with Gasteiger partial charge in [0.25, 0.3) is 0 Å². The van der Waals surface area contributed by atoms with Crippen LogP contribution < -0.4 is 10.2 Å². The summed E-state index contributed by atoms with van der Waals surface area (Å²) in [7, 11) is 0. The Morgan fingerprint density at radius 1 is 1.32 bits per heavy atom. The zero-order valence-electron chi connectivity index (χ0n) is 10.9. The molecule has 2 fully saturated rings. The second kappa shape index (κ2) is 5.75. The van der Waals surface area contributed by atoms with Crippen LogP contribution in [0.4, 0.5) is 10.2 Å². The second-order valence-corrected chi connectivity index (χ2v) is 6.40. The van der Waals surface area contributed by atoms with Gasteiger partial charge in [0.2, 0.25) is 0 Å². The SMILES string of the molecule is Fc1cc(Br)cnc1N1CCC(C2CCCN2)CC1. The standard InChI is InChI=1S/C14H19BrFN3/c15-11-8-12(16)14(18-9-11)19-6-3-10(4-7-19)13-2-1-5-17-13/h8-10,13,17H,1-7H2. The van der Waals surface area contributed by atoms with Crippen molar-refractivity contribution in [2.24, 2.45) is 5.92 Å². The monoisotopic (exact) mass is 327 g/mol. The molecule has 0 spiro atoms. The lowest BCUT2D eigenvalue weighted by Crippen LogP contribution is -2.41. The van der Waals surface area contributed by atoms with Gasteiger partial charge in [-0.3, -0.25) is 0 Å². The minimum Gasteiger partial charge on any atom is -0.354 e. The summed E-state index contributed by atoms with van der Waals surface area (Å²) in [4.78, 5) is 6.29. The molecule has 1 aromatic rings. The molecule has 0 aromatic carbocycles. The van der Waals surface area contributed by atoms with E-state index < -0.39 is 0 Å². The van der Waals surface area contributed by atoms with E-state index in [0.717, 1.165) is 38.4 Å². The molecule has 1 atom stereocenters. The summed E-state index contributed by atoms with van der Waals surface area (Å²) >= 11 is 3.25. The molecule has 19 heavy (non-hydrogen) atoms. The predicted molar refractivity (Wildman–Crippen MR) is 77.9 cm³/mol. The molecule has 0 aliphatic carbocycles. The highest BCUT2D eigenvalue weighted by Gasteiger charge is 2.29. The van der Waals surface area contributed by atoms with Crippen LogP contribution in [-0.2, 0) is 0 Å². The molecule has 104 valence electrons. The van der Waals surface area contributed by atoms with Gasteiger partial charge >= 0.3 is 0 Å². The van der Waals surface area contributed by atoms with Gasteiger partial charge in [0.15, 0.2) is 11.6 Å². The smallest absolute Gasteiger partial charge is 0.166 e. The van der Waals surface area contributed by atoms with Crippen molar-refractivity contribution in [3.05, 3.63) is 22.6 Å². The Balaban J connectivity index is 1.63. The van der Waals surface area contributed by atoms with Gasteiger partial charge in [-0.15, -0.1) is 0 Å². The predicted octanol–water partition coefficient (Wildman–Crippen LogP) is 2.95. The van der Waals surface area contributed by atoms with Crippen LogP contribution in [0.15, 0.2) is 16.7 Å². The van der Waals surface area contributed by atoms with Crippen molar-refractivity contribution in [3.8, 4) is 0 Å². The fraction of sp³-hybridized carbons (Fsp3) is 0.643. The molecule has 0 saturated carbocycles. The summed E-state index contributed by atoms with van der Waals surface area (Å²) in [5, 5.41) is 3.59. The van der Waals surface area contributed by atoms with E-state index in [1.807, 2.05) is 0 Å². The Hall–Kier alpha value is -0.680. The second-order valence-electron chi connectivity index (χ2n) is 5.49. The van der Waals surface area contributed by atoms with E-state index in [1.165, 1.54) is 18.9 Å². The lowest BCUT2D eigenvalue weighted by Gasteiger charge is -2.35. The number of nitrogens with zero attached hydrogens (tertiary/aromatic N) is 2. The number of anilines is 1. The first kappa shape index (κ1) is 13.3. The molecule has 0 radical (unpaired) electrons. The minimum atomic E-state index is -0.230. The van der Waals surface area contributed by atoms with Gasteiger partial charge < -0.3 is 10.2 Å². The number of piperidine rings is 1. The molecule has 0 bridgehead atoms. The molecule has 5 heteroatoms. The van der Waals surface area contributed by atoms with E-state index in [0.29, 0.717) is 16.3 Å². The Labute approximate surface area is 121 Å². The maximum absolute atomic E-state index is 13.9. The van der Waals surface area contributed by atoms with Crippen LogP contribution in [0.2, 0.25) is 0 Å². The first-order chi connectivity index (χ1) is 9.24. The normalized spacial score (nSPS) is 24.9. The van der Waals surface area contributed by atoms with Crippen LogP contribution >= 0.6 is 15.9 Å². The van der Waals surface area contributed by atoms with Crippen molar-refractivity contribution in [2.45, 2.75) is 31.7 Å². The summed E-state index contributed by atoms with van der Waals surface area (Å²) in [5.74, 6) is 1.02. The number of hydrogen-bond acceptors (Lipinski definition) is 3. The van der Waals surface area contributed by atoms with Crippen LogP contribution in [0.1, 0.15) is 25.7 Å². The molecule has 2 saturated heterocycles. The molecule has 1 unspecified atom stereocenters. The highest BCUT2D eigenvalue weighted by Crippen LogP contribution is 2.29. The van der Waals surface area contributed by atoms with E-state index in [-0.39, 0.29) is 5.82 Å². The molecule has 1 aromatic heterocycles. The van der Waals surface area contributed by atoms with Crippen molar-refractivity contribution >= 4 is 21.7 Å². The molecular formula is C14H19BrFN3.